The third-order valence-corrected chi connectivity index (χ3v) is 3.10. The predicted molar refractivity (Wildman–Crippen MR) is 73.0 cm³/mol. The highest BCUT2D eigenvalue weighted by molar-refractivity contribution is 5.73. The Hall–Kier alpha value is -2.56. The van der Waals surface area contributed by atoms with Gasteiger partial charge in [0.25, 0.3) is 0 Å². The molecule has 0 saturated heterocycles. The molecule has 1 N–H and O–H groups in total. The fourth-order valence-electron chi connectivity index (χ4n) is 2.08. The number of hydrogen-bond donors (Lipinski definition) is 1. The van der Waals surface area contributed by atoms with Crippen LogP contribution in [0.5, 0.6) is 0 Å². The van der Waals surface area contributed by atoms with Crippen molar-refractivity contribution in [3.05, 3.63) is 35.7 Å². The summed E-state index contributed by atoms with van der Waals surface area (Å²) in [6.45, 7) is -0.825. The molecule has 1 aromatic carbocycles. The van der Waals surface area contributed by atoms with Gasteiger partial charge in [0.05, 0.1) is 0 Å². The summed E-state index contributed by atoms with van der Waals surface area (Å²) >= 11 is 0. The number of carbonyl (C=O) groups excluding carboxylic acids is 1. The average Bonchev–Trinajstić information content (AvgIpc) is 2.95. The third-order valence-electron chi connectivity index (χ3n) is 3.10. The number of carbonyl (C=O) groups is 1. The molecule has 1 heterocycles. The van der Waals surface area contributed by atoms with Gasteiger partial charge in [-0.15, -0.1) is 0 Å². The van der Waals surface area contributed by atoms with Gasteiger partial charge in [-0.05, 0) is 6.92 Å². The molecule has 0 bridgehead atoms. The van der Waals surface area contributed by atoms with Crippen LogP contribution in [0.1, 0.15) is 25.3 Å². The fraction of sp³-hybridized carbons (Fsp3) is 0.357. The van der Waals surface area contributed by atoms with Gasteiger partial charge in [0, 0.05) is 18.1 Å². The number of benzene rings is 1. The van der Waals surface area contributed by atoms with Gasteiger partial charge in [0.15, 0.2) is 5.72 Å². The second kappa shape index (κ2) is 6.75. The van der Waals surface area contributed by atoms with Crippen LogP contribution in [-0.4, -0.2) is 22.7 Å². The number of ether oxygens (including phenoxy) is 1. The fourth-order valence-corrected chi connectivity index (χ4v) is 2.08. The molecule has 2 rings (SSSR count). The molecule has 2 aromatic rings. The van der Waals surface area contributed by atoms with Crippen molar-refractivity contribution in [2.45, 2.75) is 32.4 Å². The lowest BCUT2D eigenvalue weighted by molar-refractivity contribution is -0.218. The van der Waals surface area contributed by atoms with E-state index in [2.05, 4.69) is 24.7 Å². The van der Waals surface area contributed by atoms with Crippen LogP contribution in [0, 0.1) is 0 Å². The highest BCUT2D eigenvalue weighted by atomic mass is 19.4. The van der Waals surface area contributed by atoms with Crippen molar-refractivity contribution in [1.29, 1.82) is 0 Å². The second-order valence-electron chi connectivity index (χ2n) is 5.09. The zero-order valence-electron chi connectivity index (χ0n) is 12.9. The van der Waals surface area contributed by atoms with Crippen molar-refractivity contribution < 1.29 is 36.0 Å². The predicted octanol–water partition coefficient (Wildman–Crippen LogP) is 3.30. The molecule has 1 atom stereocenters. The molecular formula is C14H12F5N3O3. The Balaban J connectivity index is 2.31. The van der Waals surface area contributed by atoms with Gasteiger partial charge in [-0.25, -0.2) is 0 Å². The van der Waals surface area contributed by atoms with E-state index in [4.69, 9.17) is 0 Å². The van der Waals surface area contributed by atoms with Crippen LogP contribution in [0.4, 0.5) is 22.0 Å². The van der Waals surface area contributed by atoms with Gasteiger partial charge in [0.2, 0.25) is 11.7 Å². The number of rotatable bonds is 5. The van der Waals surface area contributed by atoms with Gasteiger partial charge in [0.1, 0.15) is 0 Å². The Kier molecular flexibility index (Phi) is 5.07. The number of amides is 1. The van der Waals surface area contributed by atoms with Crippen molar-refractivity contribution in [1.82, 2.24) is 15.5 Å². The maximum atomic E-state index is 12.6. The first-order valence-electron chi connectivity index (χ1n) is 6.78. The minimum Gasteiger partial charge on any atom is -0.329 e. The molecule has 1 aromatic heterocycles. The zero-order chi connectivity index (χ0) is 18.8. The first kappa shape index (κ1) is 18.8. The number of halogens is 5. The summed E-state index contributed by atoms with van der Waals surface area (Å²) < 4.78 is 71.2. The smallest absolute Gasteiger partial charge is 0.329 e. The number of hydrogen-bond acceptors (Lipinski definition) is 5. The lowest BCUT2D eigenvalue weighted by atomic mass is 10.0. The Morgan fingerprint density at radius 2 is 1.84 bits per heavy atom. The largest absolute Gasteiger partial charge is 0.471 e. The van der Waals surface area contributed by atoms with Crippen LogP contribution in [-0.2, 0) is 21.4 Å². The summed E-state index contributed by atoms with van der Waals surface area (Å²) in [5, 5.41) is 5.46. The molecule has 0 spiro atoms. The first-order chi connectivity index (χ1) is 11.5. The SMILES string of the molecule is CC(=O)NC(C)(OC(F)F)c1ccc(-c2noc(C(F)(F)F)n2)cc1. The number of alkyl halides is 5. The topological polar surface area (TPSA) is 77.2 Å². The number of nitrogens with zero attached hydrogens (tertiary/aromatic N) is 2. The molecule has 0 fully saturated rings. The van der Waals surface area contributed by atoms with Crippen molar-refractivity contribution >= 4 is 5.91 Å². The number of nitrogens with one attached hydrogen (secondary N) is 1. The van der Waals surface area contributed by atoms with E-state index in [9.17, 15) is 26.7 Å². The van der Waals surface area contributed by atoms with Crippen LogP contribution in [0.3, 0.4) is 0 Å². The minimum atomic E-state index is -4.78. The summed E-state index contributed by atoms with van der Waals surface area (Å²) in [4.78, 5) is 14.4. The average molecular weight is 365 g/mol. The molecule has 0 aliphatic heterocycles. The van der Waals surface area contributed by atoms with E-state index in [0.29, 0.717) is 0 Å². The van der Waals surface area contributed by atoms with Crippen LogP contribution in [0.15, 0.2) is 28.8 Å². The van der Waals surface area contributed by atoms with E-state index in [1.165, 1.54) is 31.2 Å². The quantitative estimate of drug-likeness (QED) is 0.650. The summed E-state index contributed by atoms with van der Waals surface area (Å²) in [6.07, 6.45) is -4.78. The lowest BCUT2D eigenvalue weighted by Crippen LogP contribution is -2.45. The summed E-state index contributed by atoms with van der Waals surface area (Å²) in [5.74, 6) is -2.44. The molecule has 0 aliphatic rings. The van der Waals surface area contributed by atoms with Gasteiger partial charge in [-0.2, -0.15) is 26.9 Å². The van der Waals surface area contributed by atoms with Crippen LogP contribution in [0.2, 0.25) is 0 Å². The Bertz CT molecular complexity index is 745. The van der Waals surface area contributed by atoms with Crippen molar-refractivity contribution in [2.24, 2.45) is 0 Å². The summed E-state index contributed by atoms with van der Waals surface area (Å²) in [5.41, 5.74) is -1.52. The molecule has 0 radical (unpaired) electrons. The van der Waals surface area contributed by atoms with E-state index in [1.54, 1.807) is 0 Å². The molecule has 1 amide bonds. The third kappa shape index (κ3) is 4.50. The van der Waals surface area contributed by atoms with Gasteiger partial charge in [-0.3, -0.25) is 9.53 Å². The summed E-state index contributed by atoms with van der Waals surface area (Å²) in [6, 6.07) is 5.15. The summed E-state index contributed by atoms with van der Waals surface area (Å²) in [7, 11) is 0. The van der Waals surface area contributed by atoms with Gasteiger partial charge in [-0.1, -0.05) is 29.4 Å². The van der Waals surface area contributed by atoms with Gasteiger partial charge < -0.3 is 9.84 Å². The second-order valence-corrected chi connectivity index (χ2v) is 5.09. The molecule has 0 saturated carbocycles. The molecule has 136 valence electrons. The van der Waals surface area contributed by atoms with E-state index < -0.39 is 30.3 Å². The maximum Gasteiger partial charge on any atom is 0.471 e. The van der Waals surface area contributed by atoms with Crippen molar-refractivity contribution in [3.63, 3.8) is 0 Å². The van der Waals surface area contributed by atoms with E-state index in [0.717, 1.165) is 6.92 Å². The maximum absolute atomic E-state index is 12.6. The van der Waals surface area contributed by atoms with Gasteiger partial charge >= 0.3 is 18.7 Å². The standard InChI is InChI=1S/C14H12F5N3O3/c1-7(23)21-13(2,24-12(15)16)9-5-3-8(4-6-9)10-20-11(25-22-10)14(17,18)19/h3-6,12H,1-2H3,(H,21,23). The minimum absolute atomic E-state index is 0.145. The Labute approximate surface area is 138 Å². The zero-order valence-corrected chi connectivity index (χ0v) is 12.9. The first-order valence-corrected chi connectivity index (χ1v) is 6.78. The molecule has 1 unspecified atom stereocenters. The van der Waals surface area contributed by atoms with E-state index >= 15 is 0 Å². The van der Waals surface area contributed by atoms with Crippen molar-refractivity contribution in [3.8, 4) is 11.4 Å². The normalized spacial score (nSPS) is 14.4. The van der Waals surface area contributed by atoms with E-state index in [1.807, 2.05) is 0 Å². The van der Waals surface area contributed by atoms with Crippen LogP contribution in [0.25, 0.3) is 11.4 Å². The molecule has 0 aliphatic carbocycles. The Morgan fingerprint density at radius 1 is 1.24 bits per heavy atom. The lowest BCUT2D eigenvalue weighted by Gasteiger charge is -2.30. The number of aromatic nitrogens is 2. The highest BCUT2D eigenvalue weighted by Crippen LogP contribution is 2.30. The van der Waals surface area contributed by atoms with Crippen molar-refractivity contribution in [2.75, 3.05) is 0 Å². The molecule has 11 heteroatoms. The molecule has 25 heavy (non-hydrogen) atoms. The monoisotopic (exact) mass is 365 g/mol. The molecule has 6 nitrogen and oxygen atoms in total. The highest BCUT2D eigenvalue weighted by Gasteiger charge is 2.38. The van der Waals surface area contributed by atoms with E-state index in [-0.39, 0.29) is 17.0 Å². The van der Waals surface area contributed by atoms with Crippen LogP contribution < -0.4 is 5.32 Å². The molecular weight excluding hydrogens is 353 g/mol. The van der Waals surface area contributed by atoms with Crippen LogP contribution >= 0.6 is 0 Å². The Morgan fingerprint density at radius 3 is 2.28 bits per heavy atom.